The zero-order chi connectivity index (χ0) is 12.5. The van der Waals surface area contributed by atoms with Crippen LogP contribution in [0.2, 0.25) is 0 Å². The number of halogens is 2. The molecule has 18 heavy (non-hydrogen) atoms. The first kappa shape index (κ1) is 11.9. The van der Waals surface area contributed by atoms with Gasteiger partial charge in [0.15, 0.2) is 5.82 Å². The lowest BCUT2D eigenvalue weighted by atomic mass is 10.3. The summed E-state index contributed by atoms with van der Waals surface area (Å²) < 4.78 is 7.89. The molecule has 0 saturated heterocycles. The highest BCUT2D eigenvalue weighted by molar-refractivity contribution is 14.1. The Bertz CT molecular complexity index is 680. The molecule has 2 aromatic heterocycles. The Hall–Kier alpha value is -1.15. The Morgan fingerprint density at radius 3 is 3.00 bits per heavy atom. The predicted molar refractivity (Wildman–Crippen MR) is 75.4 cm³/mol. The molecule has 0 unspecified atom stereocenters. The molecule has 0 spiro atoms. The van der Waals surface area contributed by atoms with Gasteiger partial charge in [-0.05, 0) is 40.8 Å². The fourth-order valence-corrected chi connectivity index (χ4v) is 2.51. The predicted octanol–water partition coefficient (Wildman–Crippen LogP) is 2.81. The van der Waals surface area contributed by atoms with Crippen LogP contribution in [0.15, 0.2) is 29.1 Å². The summed E-state index contributed by atoms with van der Waals surface area (Å²) in [5.74, 6) is 1.76. The minimum atomic E-state index is 0.350. The number of alkyl halides is 1. The molecule has 0 atom stereocenters. The first-order valence-electron chi connectivity index (χ1n) is 5.24. The topological polar surface area (TPSA) is 56.7 Å². The van der Waals surface area contributed by atoms with Crippen molar-refractivity contribution in [1.82, 2.24) is 19.7 Å². The summed E-state index contributed by atoms with van der Waals surface area (Å²) in [6, 6.07) is 6.09. The van der Waals surface area contributed by atoms with Crippen molar-refractivity contribution in [3.63, 3.8) is 0 Å². The van der Waals surface area contributed by atoms with E-state index in [1.54, 1.807) is 0 Å². The second-order valence-electron chi connectivity index (χ2n) is 3.73. The summed E-state index contributed by atoms with van der Waals surface area (Å²) >= 11 is 8.20. The SMILES string of the molecule is ClCc1nc2cc(I)ccc2n1Cc1ncon1. The molecule has 3 aromatic rings. The Kier molecular flexibility index (Phi) is 3.21. The van der Waals surface area contributed by atoms with E-state index in [1.807, 2.05) is 22.8 Å². The van der Waals surface area contributed by atoms with E-state index in [1.165, 1.54) is 6.39 Å². The third kappa shape index (κ3) is 2.10. The van der Waals surface area contributed by atoms with Crippen LogP contribution in [0.3, 0.4) is 0 Å². The second-order valence-corrected chi connectivity index (χ2v) is 5.24. The van der Waals surface area contributed by atoms with Crippen LogP contribution in [0.1, 0.15) is 11.6 Å². The monoisotopic (exact) mass is 374 g/mol. The number of hydrogen-bond donors (Lipinski definition) is 0. The molecule has 0 bridgehead atoms. The third-order valence-electron chi connectivity index (χ3n) is 2.62. The normalized spacial score (nSPS) is 11.2. The van der Waals surface area contributed by atoms with Gasteiger partial charge in [0.1, 0.15) is 5.82 Å². The van der Waals surface area contributed by atoms with E-state index in [0.29, 0.717) is 18.2 Å². The molecular weight excluding hydrogens is 367 g/mol. The molecule has 0 radical (unpaired) electrons. The van der Waals surface area contributed by atoms with Crippen LogP contribution in [0.4, 0.5) is 0 Å². The number of benzene rings is 1. The Morgan fingerprint density at radius 1 is 1.39 bits per heavy atom. The van der Waals surface area contributed by atoms with Gasteiger partial charge < -0.3 is 9.09 Å². The Labute approximate surface area is 121 Å². The third-order valence-corrected chi connectivity index (χ3v) is 3.53. The van der Waals surface area contributed by atoms with Gasteiger partial charge >= 0.3 is 0 Å². The number of nitrogens with zero attached hydrogens (tertiary/aromatic N) is 4. The molecule has 92 valence electrons. The lowest BCUT2D eigenvalue weighted by molar-refractivity contribution is 0.408. The van der Waals surface area contributed by atoms with Gasteiger partial charge in [-0.3, -0.25) is 0 Å². The van der Waals surface area contributed by atoms with Crippen molar-refractivity contribution in [2.45, 2.75) is 12.4 Å². The van der Waals surface area contributed by atoms with Crippen molar-refractivity contribution < 1.29 is 4.52 Å². The van der Waals surface area contributed by atoms with Crippen molar-refractivity contribution in [3.8, 4) is 0 Å². The van der Waals surface area contributed by atoms with Gasteiger partial charge in [0.25, 0.3) is 0 Å². The van der Waals surface area contributed by atoms with Crippen molar-refractivity contribution in [1.29, 1.82) is 0 Å². The van der Waals surface area contributed by atoms with Crippen LogP contribution < -0.4 is 0 Å². The van der Waals surface area contributed by atoms with Gasteiger partial charge in [-0.1, -0.05) is 5.16 Å². The maximum atomic E-state index is 5.93. The van der Waals surface area contributed by atoms with Gasteiger partial charge in [0.05, 0.1) is 23.5 Å². The zero-order valence-electron chi connectivity index (χ0n) is 9.18. The first-order chi connectivity index (χ1) is 8.78. The number of hydrogen-bond acceptors (Lipinski definition) is 4. The molecule has 1 aromatic carbocycles. The molecule has 2 heterocycles. The number of rotatable bonds is 3. The van der Waals surface area contributed by atoms with Gasteiger partial charge in [-0.15, -0.1) is 11.6 Å². The summed E-state index contributed by atoms with van der Waals surface area (Å²) in [4.78, 5) is 8.53. The molecule has 0 N–H and O–H groups in total. The average molecular weight is 375 g/mol. The fraction of sp³-hybridized carbons (Fsp3) is 0.182. The molecule has 0 aliphatic heterocycles. The first-order valence-corrected chi connectivity index (χ1v) is 6.85. The minimum Gasteiger partial charge on any atom is -0.343 e. The summed E-state index contributed by atoms with van der Waals surface area (Å²) in [5, 5.41) is 3.81. The van der Waals surface area contributed by atoms with E-state index in [4.69, 9.17) is 16.1 Å². The standard InChI is InChI=1S/C11H8ClIN4O/c12-4-11-15-8-3-7(13)1-2-9(8)17(11)5-10-14-6-18-16-10/h1-3,6H,4-5H2. The molecule has 0 aliphatic rings. The maximum Gasteiger partial charge on any atom is 0.213 e. The Balaban J connectivity index is 2.13. The summed E-state index contributed by atoms with van der Waals surface area (Å²) in [7, 11) is 0. The second kappa shape index (κ2) is 4.85. The van der Waals surface area contributed by atoms with Crippen LogP contribution in [0, 0.1) is 3.57 Å². The van der Waals surface area contributed by atoms with E-state index in [9.17, 15) is 0 Å². The fourth-order valence-electron chi connectivity index (χ4n) is 1.83. The highest BCUT2D eigenvalue weighted by Crippen LogP contribution is 2.20. The molecule has 5 nitrogen and oxygen atoms in total. The quantitative estimate of drug-likeness (QED) is 0.522. The molecule has 0 fully saturated rings. The number of aromatic nitrogens is 4. The van der Waals surface area contributed by atoms with Crippen molar-refractivity contribution in [2.75, 3.05) is 0 Å². The molecular formula is C11H8ClIN4O. The molecule has 3 rings (SSSR count). The Morgan fingerprint density at radius 2 is 2.28 bits per heavy atom. The van der Waals surface area contributed by atoms with Crippen LogP contribution in [-0.4, -0.2) is 19.7 Å². The lowest BCUT2D eigenvalue weighted by Crippen LogP contribution is -2.05. The average Bonchev–Trinajstić information content (AvgIpc) is 2.97. The van der Waals surface area contributed by atoms with E-state index in [2.05, 4.69) is 37.7 Å². The van der Waals surface area contributed by atoms with Gasteiger partial charge in [-0.25, -0.2) is 4.98 Å². The number of imidazole rings is 1. The van der Waals surface area contributed by atoms with E-state index in [-0.39, 0.29) is 0 Å². The summed E-state index contributed by atoms with van der Waals surface area (Å²) in [6.45, 7) is 0.510. The van der Waals surface area contributed by atoms with E-state index < -0.39 is 0 Å². The van der Waals surface area contributed by atoms with Crippen LogP contribution in [0.25, 0.3) is 11.0 Å². The van der Waals surface area contributed by atoms with Crippen LogP contribution >= 0.6 is 34.2 Å². The summed E-state index contributed by atoms with van der Waals surface area (Å²) in [5.41, 5.74) is 1.96. The van der Waals surface area contributed by atoms with Crippen molar-refractivity contribution >= 4 is 45.2 Å². The molecule has 0 saturated carbocycles. The van der Waals surface area contributed by atoms with Crippen LogP contribution in [-0.2, 0) is 12.4 Å². The van der Waals surface area contributed by atoms with Crippen LogP contribution in [0.5, 0.6) is 0 Å². The minimum absolute atomic E-state index is 0.350. The van der Waals surface area contributed by atoms with E-state index >= 15 is 0 Å². The smallest absolute Gasteiger partial charge is 0.213 e. The van der Waals surface area contributed by atoms with Crippen molar-refractivity contribution in [3.05, 3.63) is 39.8 Å². The van der Waals surface area contributed by atoms with Gasteiger partial charge in [0, 0.05) is 3.57 Å². The van der Waals surface area contributed by atoms with E-state index in [0.717, 1.165) is 20.4 Å². The highest BCUT2D eigenvalue weighted by Gasteiger charge is 2.12. The molecule has 0 aliphatic carbocycles. The highest BCUT2D eigenvalue weighted by atomic mass is 127. The lowest BCUT2D eigenvalue weighted by Gasteiger charge is -2.03. The van der Waals surface area contributed by atoms with Crippen molar-refractivity contribution in [2.24, 2.45) is 0 Å². The maximum absolute atomic E-state index is 5.93. The van der Waals surface area contributed by atoms with Gasteiger partial charge in [0.2, 0.25) is 6.39 Å². The van der Waals surface area contributed by atoms with Gasteiger partial charge in [-0.2, -0.15) is 4.98 Å². The largest absolute Gasteiger partial charge is 0.343 e. The molecule has 0 amide bonds. The zero-order valence-corrected chi connectivity index (χ0v) is 12.1. The number of fused-ring (bicyclic) bond motifs is 1. The summed E-state index contributed by atoms with van der Waals surface area (Å²) in [6.07, 6.45) is 1.32. The molecule has 7 heteroatoms.